The summed E-state index contributed by atoms with van der Waals surface area (Å²) in [5, 5.41) is 7.79. The highest BCUT2D eigenvalue weighted by Crippen LogP contribution is 2.37. The molecule has 0 aromatic heterocycles. The van der Waals surface area contributed by atoms with E-state index in [0.29, 0.717) is 0 Å². The van der Waals surface area contributed by atoms with E-state index in [2.05, 4.69) is 108 Å². The maximum atomic E-state index is 6.41. The van der Waals surface area contributed by atoms with E-state index in [1.807, 2.05) is 0 Å². The molecule has 0 heterocycles. The van der Waals surface area contributed by atoms with Gasteiger partial charge in [0.1, 0.15) is 0 Å². The summed E-state index contributed by atoms with van der Waals surface area (Å²) in [6.07, 6.45) is 2.38. The first kappa shape index (κ1) is 18.8. The van der Waals surface area contributed by atoms with Gasteiger partial charge in [0.15, 0.2) is 7.85 Å². The molecule has 4 aromatic rings. The van der Waals surface area contributed by atoms with Gasteiger partial charge in [-0.1, -0.05) is 72.3 Å². The Labute approximate surface area is 168 Å². The summed E-state index contributed by atoms with van der Waals surface area (Å²) in [5.41, 5.74) is 2.00. The van der Waals surface area contributed by atoms with Crippen LogP contribution in [0.15, 0.2) is 78.4 Å². The number of benzene rings is 4. The third-order valence-corrected chi connectivity index (χ3v) is 5.36. The Morgan fingerprint density at radius 3 is 1.71 bits per heavy atom. The highest BCUT2D eigenvalue weighted by Gasteiger charge is 2.26. The second-order valence-corrected chi connectivity index (χ2v) is 8.35. The molecule has 4 rings (SSSR count). The van der Waals surface area contributed by atoms with Crippen molar-refractivity contribution in [2.24, 2.45) is 0 Å². The van der Waals surface area contributed by atoms with Gasteiger partial charge in [-0.15, -0.1) is 0 Å². The number of hydrogen-bond acceptors (Lipinski definition) is 1. The van der Waals surface area contributed by atoms with Gasteiger partial charge < -0.3 is 4.74 Å². The molecule has 140 valence electrons. The standard InChI is InChI=1S/C26H27BO/c1-17(2)16-26(27,28-18(3)4)19-13-14-24-22-11-6-5-9-20(22)21-10-7-8-12-23(21)25(24)15-19/h5-16,18H,27H2,1-4H3. The monoisotopic (exact) mass is 366 g/mol. The van der Waals surface area contributed by atoms with E-state index in [0.717, 1.165) is 0 Å². The lowest BCUT2D eigenvalue weighted by atomic mass is 9.73. The minimum absolute atomic E-state index is 0.143. The van der Waals surface area contributed by atoms with Gasteiger partial charge >= 0.3 is 0 Å². The summed E-state index contributed by atoms with van der Waals surface area (Å²) < 4.78 is 6.41. The summed E-state index contributed by atoms with van der Waals surface area (Å²) >= 11 is 0. The second kappa shape index (κ2) is 7.11. The van der Waals surface area contributed by atoms with Crippen molar-refractivity contribution in [2.45, 2.75) is 39.3 Å². The Balaban J connectivity index is 2.08. The van der Waals surface area contributed by atoms with Crippen LogP contribution in [0.5, 0.6) is 0 Å². The van der Waals surface area contributed by atoms with E-state index in [1.165, 1.54) is 43.5 Å². The Morgan fingerprint density at radius 1 is 0.786 bits per heavy atom. The van der Waals surface area contributed by atoms with Crippen LogP contribution in [0, 0.1) is 0 Å². The lowest BCUT2D eigenvalue weighted by Gasteiger charge is -2.31. The molecule has 1 nitrogen and oxygen atoms in total. The van der Waals surface area contributed by atoms with Gasteiger partial charge in [0.25, 0.3) is 0 Å². The molecular formula is C26H27BO. The number of fused-ring (bicyclic) bond motifs is 6. The van der Waals surface area contributed by atoms with E-state index >= 15 is 0 Å². The Morgan fingerprint density at radius 2 is 1.25 bits per heavy atom. The average molecular weight is 366 g/mol. The van der Waals surface area contributed by atoms with Crippen LogP contribution < -0.4 is 0 Å². The van der Waals surface area contributed by atoms with Crippen LogP contribution in [0.1, 0.15) is 33.3 Å². The zero-order valence-electron chi connectivity index (χ0n) is 17.4. The first-order chi connectivity index (χ1) is 13.4. The minimum Gasteiger partial charge on any atom is -0.373 e. The van der Waals surface area contributed by atoms with Crippen LogP contribution in [-0.2, 0) is 10.2 Å². The highest BCUT2D eigenvalue weighted by molar-refractivity contribution is 6.25. The van der Waals surface area contributed by atoms with Crippen molar-refractivity contribution in [3.05, 3.63) is 83.9 Å². The molecule has 0 bridgehead atoms. The molecule has 0 fully saturated rings. The van der Waals surface area contributed by atoms with Crippen LogP contribution in [0.4, 0.5) is 0 Å². The quantitative estimate of drug-likeness (QED) is 0.233. The molecule has 0 saturated heterocycles. The molecule has 1 atom stereocenters. The van der Waals surface area contributed by atoms with E-state index in [9.17, 15) is 0 Å². The van der Waals surface area contributed by atoms with Crippen LogP contribution in [0.25, 0.3) is 32.3 Å². The molecule has 4 aromatic carbocycles. The summed E-state index contributed by atoms with van der Waals surface area (Å²) in [6.45, 7) is 8.46. The largest absolute Gasteiger partial charge is 0.373 e. The molecule has 28 heavy (non-hydrogen) atoms. The molecule has 0 amide bonds. The molecule has 0 aliphatic carbocycles. The predicted octanol–water partition coefficient (Wildman–Crippen LogP) is 6.32. The summed E-state index contributed by atoms with van der Waals surface area (Å²) in [5.74, 6) is 0. The fourth-order valence-corrected chi connectivity index (χ4v) is 4.44. The number of hydrogen-bond donors (Lipinski definition) is 0. The Kier molecular flexibility index (Phi) is 4.77. The molecule has 0 aliphatic heterocycles. The zero-order chi connectivity index (χ0) is 19.9. The smallest absolute Gasteiger partial charge is 0.154 e. The topological polar surface area (TPSA) is 9.23 Å². The molecular weight excluding hydrogens is 339 g/mol. The van der Waals surface area contributed by atoms with Gasteiger partial charge in [-0.3, -0.25) is 0 Å². The van der Waals surface area contributed by atoms with Crippen molar-refractivity contribution >= 4 is 40.2 Å². The summed E-state index contributed by atoms with van der Waals surface area (Å²) in [4.78, 5) is 0. The Bertz CT molecular complexity index is 1170. The molecule has 0 saturated carbocycles. The first-order valence-electron chi connectivity index (χ1n) is 10.1. The van der Waals surface area contributed by atoms with Crippen LogP contribution in [-0.4, -0.2) is 14.0 Å². The minimum atomic E-state index is -0.450. The molecule has 2 heteroatoms. The van der Waals surface area contributed by atoms with Crippen molar-refractivity contribution < 1.29 is 4.74 Å². The summed E-state index contributed by atoms with van der Waals surface area (Å²) in [6, 6.07) is 24.2. The molecule has 1 unspecified atom stereocenters. The third-order valence-electron chi connectivity index (χ3n) is 5.36. The molecule has 0 aliphatic rings. The lowest BCUT2D eigenvalue weighted by Crippen LogP contribution is -2.31. The maximum absolute atomic E-state index is 6.41. The van der Waals surface area contributed by atoms with E-state index in [-0.39, 0.29) is 6.10 Å². The maximum Gasteiger partial charge on any atom is 0.154 e. The Hall–Kier alpha value is -2.58. The van der Waals surface area contributed by atoms with E-state index in [4.69, 9.17) is 4.74 Å². The second-order valence-electron chi connectivity index (χ2n) is 8.35. The highest BCUT2D eigenvalue weighted by atomic mass is 16.5. The van der Waals surface area contributed by atoms with Crippen molar-refractivity contribution in [1.29, 1.82) is 0 Å². The fourth-order valence-electron chi connectivity index (χ4n) is 4.44. The van der Waals surface area contributed by atoms with Gasteiger partial charge in [-0.2, -0.15) is 0 Å². The number of ether oxygens (including phenoxy) is 1. The number of rotatable bonds is 4. The molecule has 0 radical (unpaired) electrons. The first-order valence-corrected chi connectivity index (χ1v) is 10.1. The third kappa shape index (κ3) is 3.23. The van der Waals surface area contributed by atoms with Crippen LogP contribution >= 0.6 is 0 Å². The van der Waals surface area contributed by atoms with Crippen molar-refractivity contribution in [1.82, 2.24) is 0 Å². The van der Waals surface area contributed by atoms with Gasteiger partial charge in [0.05, 0.1) is 11.6 Å². The summed E-state index contributed by atoms with van der Waals surface area (Å²) in [7, 11) is 2.17. The number of allylic oxidation sites excluding steroid dienone is 1. The zero-order valence-corrected chi connectivity index (χ0v) is 17.4. The molecule has 0 N–H and O–H groups in total. The van der Waals surface area contributed by atoms with Crippen molar-refractivity contribution in [3.63, 3.8) is 0 Å². The van der Waals surface area contributed by atoms with Crippen LogP contribution in [0.3, 0.4) is 0 Å². The van der Waals surface area contributed by atoms with Gasteiger partial charge in [-0.25, -0.2) is 0 Å². The van der Waals surface area contributed by atoms with Crippen LogP contribution in [0.2, 0.25) is 0 Å². The van der Waals surface area contributed by atoms with Crippen molar-refractivity contribution in [2.75, 3.05) is 0 Å². The average Bonchev–Trinajstić information content (AvgIpc) is 2.66. The van der Waals surface area contributed by atoms with Gasteiger partial charge in [-0.05, 0) is 71.6 Å². The predicted molar refractivity (Wildman–Crippen MR) is 125 cm³/mol. The van der Waals surface area contributed by atoms with E-state index in [1.54, 1.807) is 0 Å². The van der Waals surface area contributed by atoms with Crippen molar-refractivity contribution in [3.8, 4) is 0 Å². The lowest BCUT2D eigenvalue weighted by molar-refractivity contribution is 0.00387. The van der Waals surface area contributed by atoms with Gasteiger partial charge in [0.2, 0.25) is 0 Å². The normalized spacial score (nSPS) is 13.9. The molecule has 0 spiro atoms. The van der Waals surface area contributed by atoms with Gasteiger partial charge in [0, 0.05) is 0 Å². The SMILES string of the molecule is BC(C=C(C)C)(OC(C)C)c1ccc2c3ccccc3c3ccccc3c2c1. The fraction of sp³-hybridized carbons (Fsp3) is 0.231. The van der Waals surface area contributed by atoms with E-state index < -0.39 is 5.50 Å².